The third-order valence-corrected chi connectivity index (χ3v) is 12.2. The number of unbranched alkanes of at least 4 members (excludes halogenated alkanes) is 45. The highest BCUT2D eigenvalue weighted by Crippen LogP contribution is 2.18. The van der Waals surface area contributed by atoms with Crippen molar-refractivity contribution in [3.05, 3.63) is 0 Å². The number of carbonyl (C=O) groups excluding carboxylic acids is 1. The Labute approximate surface area is 343 Å². The van der Waals surface area contributed by atoms with E-state index in [9.17, 15) is 4.79 Å². The molecule has 0 heterocycles. The normalized spacial score (nSPS) is 11.5. The lowest BCUT2D eigenvalue weighted by Crippen LogP contribution is -2.05. The van der Waals surface area contributed by atoms with E-state index in [-0.39, 0.29) is 5.97 Å². The quantitative estimate of drug-likeness (QED) is 0.0456. The lowest BCUT2D eigenvalue weighted by Gasteiger charge is -2.06. The zero-order valence-corrected chi connectivity index (χ0v) is 38.0. The highest BCUT2D eigenvalue weighted by Gasteiger charge is 2.03. The Morgan fingerprint density at radius 1 is 0.241 bits per heavy atom. The highest BCUT2D eigenvalue weighted by atomic mass is 16.5. The van der Waals surface area contributed by atoms with E-state index in [0.717, 1.165) is 12.8 Å². The second-order valence-electron chi connectivity index (χ2n) is 17.9. The molecule has 0 aliphatic carbocycles. The molecular weight excluding hydrogens is 657 g/mol. The van der Waals surface area contributed by atoms with Crippen molar-refractivity contribution in [1.82, 2.24) is 0 Å². The maximum absolute atomic E-state index is 11.9. The van der Waals surface area contributed by atoms with Gasteiger partial charge in [-0.15, -0.1) is 0 Å². The van der Waals surface area contributed by atoms with Crippen LogP contribution in [0.2, 0.25) is 0 Å². The molecule has 0 aliphatic heterocycles. The second-order valence-corrected chi connectivity index (χ2v) is 17.9. The number of ether oxygens (including phenoxy) is 1. The molecule has 0 bridgehead atoms. The maximum Gasteiger partial charge on any atom is 0.305 e. The minimum absolute atomic E-state index is 0.0273. The molecule has 324 valence electrons. The van der Waals surface area contributed by atoms with Crippen LogP contribution in [0.4, 0.5) is 0 Å². The number of rotatable bonds is 49. The summed E-state index contributed by atoms with van der Waals surface area (Å²) in [6, 6.07) is 0. The first-order valence-corrected chi connectivity index (χ1v) is 26.0. The summed E-state index contributed by atoms with van der Waals surface area (Å²) >= 11 is 0. The summed E-state index contributed by atoms with van der Waals surface area (Å²) in [5.74, 6) is 0.0273. The molecule has 0 aromatic rings. The Bertz CT molecular complexity index is 659. The topological polar surface area (TPSA) is 26.3 Å². The van der Waals surface area contributed by atoms with Crippen molar-refractivity contribution >= 4 is 5.97 Å². The zero-order chi connectivity index (χ0) is 38.9. The Morgan fingerprint density at radius 2 is 0.407 bits per heavy atom. The van der Waals surface area contributed by atoms with Crippen LogP contribution in [-0.4, -0.2) is 12.6 Å². The molecule has 0 amide bonds. The summed E-state index contributed by atoms with van der Waals surface area (Å²) in [4.78, 5) is 11.9. The monoisotopic (exact) mass is 761 g/mol. The van der Waals surface area contributed by atoms with Crippen LogP contribution in [0.1, 0.15) is 322 Å². The zero-order valence-electron chi connectivity index (χ0n) is 38.0. The van der Waals surface area contributed by atoms with E-state index in [2.05, 4.69) is 13.8 Å². The number of carbonyl (C=O) groups is 1. The Hall–Kier alpha value is -0.530. The molecule has 2 nitrogen and oxygen atoms in total. The molecule has 0 saturated heterocycles. The van der Waals surface area contributed by atoms with E-state index in [1.165, 1.54) is 289 Å². The molecule has 0 spiro atoms. The van der Waals surface area contributed by atoms with Crippen molar-refractivity contribution in [2.45, 2.75) is 322 Å². The summed E-state index contributed by atoms with van der Waals surface area (Å²) in [7, 11) is 0. The fourth-order valence-corrected chi connectivity index (χ4v) is 8.38. The molecule has 0 aromatic carbocycles. The van der Waals surface area contributed by atoms with Crippen molar-refractivity contribution in [3.8, 4) is 0 Å². The van der Waals surface area contributed by atoms with Crippen molar-refractivity contribution in [2.75, 3.05) is 6.61 Å². The largest absolute Gasteiger partial charge is 0.466 e. The first-order chi connectivity index (χ1) is 26.8. The molecule has 0 unspecified atom stereocenters. The average Bonchev–Trinajstić information content (AvgIpc) is 3.18. The predicted octanol–water partition coefficient (Wildman–Crippen LogP) is 19.3. The first kappa shape index (κ1) is 53.5. The predicted molar refractivity (Wildman–Crippen MR) is 244 cm³/mol. The van der Waals surface area contributed by atoms with Crippen LogP contribution in [0.5, 0.6) is 0 Å². The molecule has 0 aliphatic rings. The van der Waals surface area contributed by atoms with Crippen molar-refractivity contribution in [3.63, 3.8) is 0 Å². The SMILES string of the molecule is CCCCCCCCCCCCCCCCCCCCCCCCCCCCCCCCCCCCCCCCOC(=O)CCCCCCCCCCC. The van der Waals surface area contributed by atoms with Crippen LogP contribution in [0.15, 0.2) is 0 Å². The van der Waals surface area contributed by atoms with E-state index in [0.29, 0.717) is 13.0 Å². The minimum atomic E-state index is 0.0273. The summed E-state index contributed by atoms with van der Waals surface area (Å²) < 4.78 is 5.45. The van der Waals surface area contributed by atoms with Gasteiger partial charge >= 0.3 is 5.97 Å². The van der Waals surface area contributed by atoms with Gasteiger partial charge in [0.2, 0.25) is 0 Å². The Kier molecular flexibility index (Phi) is 50.0. The molecule has 0 N–H and O–H groups in total. The van der Waals surface area contributed by atoms with Gasteiger partial charge in [-0.1, -0.05) is 303 Å². The molecular formula is C52H104O2. The van der Waals surface area contributed by atoms with Crippen LogP contribution >= 0.6 is 0 Å². The van der Waals surface area contributed by atoms with Crippen LogP contribution in [0.25, 0.3) is 0 Å². The van der Waals surface area contributed by atoms with E-state index in [1.807, 2.05) is 0 Å². The van der Waals surface area contributed by atoms with E-state index >= 15 is 0 Å². The van der Waals surface area contributed by atoms with Gasteiger partial charge in [-0.05, 0) is 12.8 Å². The van der Waals surface area contributed by atoms with E-state index in [4.69, 9.17) is 4.74 Å². The van der Waals surface area contributed by atoms with Crippen LogP contribution in [0, 0.1) is 0 Å². The fourth-order valence-electron chi connectivity index (χ4n) is 8.38. The van der Waals surface area contributed by atoms with Crippen molar-refractivity contribution < 1.29 is 9.53 Å². The van der Waals surface area contributed by atoms with E-state index < -0.39 is 0 Å². The average molecular weight is 761 g/mol. The summed E-state index contributed by atoms with van der Waals surface area (Å²) in [6.07, 6.45) is 67.1. The van der Waals surface area contributed by atoms with Gasteiger partial charge < -0.3 is 4.74 Å². The Morgan fingerprint density at radius 3 is 0.611 bits per heavy atom. The third-order valence-electron chi connectivity index (χ3n) is 12.2. The maximum atomic E-state index is 11.9. The van der Waals surface area contributed by atoms with Gasteiger partial charge in [-0.3, -0.25) is 4.79 Å². The Balaban J connectivity index is 3.10. The molecule has 0 radical (unpaired) electrons. The second kappa shape index (κ2) is 50.5. The molecule has 0 aromatic heterocycles. The number of hydrogen-bond donors (Lipinski definition) is 0. The summed E-state index contributed by atoms with van der Waals surface area (Å²) in [5.41, 5.74) is 0. The van der Waals surface area contributed by atoms with Gasteiger partial charge in [0.05, 0.1) is 6.61 Å². The van der Waals surface area contributed by atoms with Crippen LogP contribution in [0.3, 0.4) is 0 Å². The van der Waals surface area contributed by atoms with Crippen molar-refractivity contribution in [1.29, 1.82) is 0 Å². The molecule has 54 heavy (non-hydrogen) atoms. The smallest absolute Gasteiger partial charge is 0.305 e. The minimum Gasteiger partial charge on any atom is -0.466 e. The van der Waals surface area contributed by atoms with Gasteiger partial charge in [-0.2, -0.15) is 0 Å². The van der Waals surface area contributed by atoms with Gasteiger partial charge in [0.15, 0.2) is 0 Å². The van der Waals surface area contributed by atoms with Gasteiger partial charge in [0.1, 0.15) is 0 Å². The van der Waals surface area contributed by atoms with Crippen LogP contribution < -0.4 is 0 Å². The van der Waals surface area contributed by atoms with Crippen molar-refractivity contribution in [2.24, 2.45) is 0 Å². The standard InChI is InChI=1S/C52H104O2/c1-3-5-7-9-11-13-14-15-16-17-18-19-20-21-22-23-24-25-26-27-28-29-30-31-32-33-34-35-36-37-38-39-40-41-43-45-47-49-51-54-52(53)50-48-46-44-42-12-10-8-6-4-2/h3-51H2,1-2H3. The fraction of sp³-hybridized carbons (Fsp3) is 0.981. The first-order valence-electron chi connectivity index (χ1n) is 26.0. The highest BCUT2D eigenvalue weighted by molar-refractivity contribution is 5.69. The summed E-state index contributed by atoms with van der Waals surface area (Å²) in [5, 5.41) is 0. The lowest BCUT2D eigenvalue weighted by molar-refractivity contribution is -0.143. The molecule has 0 fully saturated rings. The molecule has 2 heteroatoms. The third kappa shape index (κ3) is 49.5. The van der Waals surface area contributed by atoms with Gasteiger partial charge in [0.25, 0.3) is 0 Å². The summed E-state index contributed by atoms with van der Waals surface area (Å²) in [6.45, 7) is 5.21. The van der Waals surface area contributed by atoms with E-state index in [1.54, 1.807) is 0 Å². The van der Waals surface area contributed by atoms with Crippen LogP contribution in [-0.2, 0) is 9.53 Å². The molecule has 0 saturated carbocycles. The number of esters is 1. The molecule has 0 atom stereocenters. The molecule has 0 rings (SSSR count). The number of hydrogen-bond acceptors (Lipinski definition) is 2. The lowest BCUT2D eigenvalue weighted by atomic mass is 10.0. The van der Waals surface area contributed by atoms with Gasteiger partial charge in [-0.25, -0.2) is 0 Å². The van der Waals surface area contributed by atoms with Gasteiger partial charge in [0, 0.05) is 6.42 Å².